The fraction of sp³-hybridized carbons (Fsp3) is 0.280. The van der Waals surface area contributed by atoms with Crippen molar-refractivity contribution in [3.63, 3.8) is 0 Å². The monoisotopic (exact) mass is 399 g/mol. The molecule has 0 unspecified atom stereocenters. The molecule has 0 saturated carbocycles. The summed E-state index contributed by atoms with van der Waals surface area (Å²) in [5, 5.41) is 14.7. The lowest BCUT2D eigenvalue weighted by molar-refractivity contribution is -0.117. The number of benzene rings is 2. The van der Waals surface area contributed by atoms with Crippen molar-refractivity contribution >= 4 is 22.8 Å². The van der Waals surface area contributed by atoms with Crippen molar-refractivity contribution in [3.05, 3.63) is 71.1 Å². The molecule has 1 amide bonds. The first kappa shape index (κ1) is 19.9. The molecule has 152 valence electrons. The van der Waals surface area contributed by atoms with E-state index in [1.54, 1.807) is 6.08 Å². The normalized spacial score (nSPS) is 16.6. The number of nitrogens with one attached hydrogen (secondary N) is 1. The molecule has 0 aliphatic carbocycles. The molecule has 1 aromatic heterocycles. The summed E-state index contributed by atoms with van der Waals surface area (Å²) in [6, 6.07) is 18.7. The molecule has 1 aliphatic rings. The van der Waals surface area contributed by atoms with Crippen molar-refractivity contribution in [2.45, 2.75) is 32.8 Å². The van der Waals surface area contributed by atoms with Crippen molar-refractivity contribution in [1.82, 2.24) is 9.88 Å². The second-order valence-electron chi connectivity index (χ2n) is 7.71. The molecule has 2 aromatic carbocycles. The lowest BCUT2D eigenvalue weighted by Gasteiger charge is -2.11. The average Bonchev–Trinajstić information content (AvgIpc) is 3.37. The van der Waals surface area contributed by atoms with Crippen LogP contribution in [0.25, 0.3) is 22.5 Å². The van der Waals surface area contributed by atoms with Gasteiger partial charge >= 0.3 is 0 Å². The Labute approximate surface area is 176 Å². The topological polar surface area (TPSA) is 67.1 Å². The maximum Gasteiger partial charge on any atom is 0.262 e. The number of aromatic nitrogens is 1. The van der Waals surface area contributed by atoms with E-state index in [0.717, 1.165) is 42.1 Å². The van der Waals surface area contributed by atoms with Crippen molar-refractivity contribution < 1.29 is 9.53 Å². The highest BCUT2D eigenvalue weighted by atomic mass is 16.5. The van der Waals surface area contributed by atoms with Crippen LogP contribution in [0.5, 0.6) is 0 Å². The van der Waals surface area contributed by atoms with E-state index in [-0.39, 0.29) is 17.6 Å². The number of ether oxygens (including phenoxy) is 1. The lowest BCUT2D eigenvalue weighted by Crippen LogP contribution is -2.32. The molecule has 2 heterocycles. The molecule has 1 saturated heterocycles. The van der Waals surface area contributed by atoms with E-state index in [2.05, 4.69) is 40.2 Å². The van der Waals surface area contributed by atoms with Gasteiger partial charge in [-0.15, -0.1) is 0 Å². The molecular weight excluding hydrogens is 374 g/mol. The van der Waals surface area contributed by atoms with Gasteiger partial charge in [0.15, 0.2) is 0 Å². The average molecular weight is 399 g/mol. The van der Waals surface area contributed by atoms with Gasteiger partial charge in [-0.05, 0) is 67.3 Å². The number of fused-ring (bicyclic) bond motifs is 1. The summed E-state index contributed by atoms with van der Waals surface area (Å²) in [5.74, 6) is -0.358. The van der Waals surface area contributed by atoms with Gasteiger partial charge in [0.1, 0.15) is 11.6 Å². The van der Waals surface area contributed by atoms with Crippen LogP contribution in [0.3, 0.4) is 0 Å². The van der Waals surface area contributed by atoms with Gasteiger partial charge < -0.3 is 14.6 Å². The Morgan fingerprint density at radius 2 is 2.03 bits per heavy atom. The number of hydrogen-bond acceptors (Lipinski definition) is 3. The van der Waals surface area contributed by atoms with Crippen LogP contribution in [0, 0.1) is 25.2 Å². The number of aryl methyl sites for hydroxylation is 1. The van der Waals surface area contributed by atoms with E-state index in [1.807, 2.05) is 38.1 Å². The van der Waals surface area contributed by atoms with Crippen LogP contribution in [0.4, 0.5) is 0 Å². The predicted octanol–water partition coefficient (Wildman–Crippen LogP) is 4.45. The van der Waals surface area contributed by atoms with Crippen LogP contribution in [0.2, 0.25) is 0 Å². The Kier molecular flexibility index (Phi) is 5.69. The van der Waals surface area contributed by atoms with Crippen molar-refractivity contribution in [3.8, 4) is 11.8 Å². The fourth-order valence-corrected chi connectivity index (χ4v) is 4.06. The number of rotatable bonds is 5. The standard InChI is InChI=1S/C25H25N3O2/c1-17-12-21(13-22(15-26)25(29)27-16-24-8-5-11-30-24)18(2)28(17)23-10-9-19-6-3-4-7-20(19)14-23/h3-4,6-7,9-10,12-14,24H,5,8,11,16H2,1-2H3,(H,27,29)/b22-13+/t24-/m0/s1. The Morgan fingerprint density at radius 3 is 2.77 bits per heavy atom. The molecule has 0 spiro atoms. The fourth-order valence-electron chi connectivity index (χ4n) is 4.06. The van der Waals surface area contributed by atoms with Gasteiger partial charge in [0.2, 0.25) is 0 Å². The largest absolute Gasteiger partial charge is 0.376 e. The maximum absolute atomic E-state index is 12.5. The molecule has 5 heteroatoms. The summed E-state index contributed by atoms with van der Waals surface area (Å²) in [7, 11) is 0. The van der Waals surface area contributed by atoms with Crippen molar-refractivity contribution in [2.75, 3.05) is 13.2 Å². The quantitative estimate of drug-likeness (QED) is 0.509. The Morgan fingerprint density at radius 1 is 1.23 bits per heavy atom. The summed E-state index contributed by atoms with van der Waals surface area (Å²) >= 11 is 0. The maximum atomic E-state index is 12.5. The van der Waals surface area contributed by atoms with Crippen LogP contribution < -0.4 is 5.32 Å². The van der Waals surface area contributed by atoms with Gasteiger partial charge in [-0.1, -0.05) is 30.3 Å². The highest BCUT2D eigenvalue weighted by Gasteiger charge is 2.18. The first-order valence-electron chi connectivity index (χ1n) is 10.3. The molecule has 0 bridgehead atoms. The first-order chi connectivity index (χ1) is 14.6. The lowest BCUT2D eigenvalue weighted by atomic mass is 10.1. The third kappa shape index (κ3) is 4.00. The van der Waals surface area contributed by atoms with Crippen LogP contribution >= 0.6 is 0 Å². The molecule has 1 N–H and O–H groups in total. The van der Waals surface area contributed by atoms with E-state index in [9.17, 15) is 10.1 Å². The van der Waals surface area contributed by atoms with E-state index >= 15 is 0 Å². The van der Waals surface area contributed by atoms with Gasteiger partial charge in [0, 0.05) is 30.2 Å². The minimum absolute atomic E-state index is 0.0480. The highest BCUT2D eigenvalue weighted by molar-refractivity contribution is 6.01. The van der Waals surface area contributed by atoms with E-state index < -0.39 is 0 Å². The minimum atomic E-state index is -0.358. The van der Waals surface area contributed by atoms with Crippen LogP contribution in [0.15, 0.2) is 54.1 Å². The van der Waals surface area contributed by atoms with Crippen molar-refractivity contribution in [1.29, 1.82) is 5.26 Å². The molecule has 1 fully saturated rings. The van der Waals surface area contributed by atoms with Gasteiger partial charge in [0.25, 0.3) is 5.91 Å². The second-order valence-corrected chi connectivity index (χ2v) is 7.71. The molecule has 1 aliphatic heterocycles. The summed E-state index contributed by atoms with van der Waals surface area (Å²) in [6.07, 6.45) is 3.68. The summed E-state index contributed by atoms with van der Waals surface area (Å²) < 4.78 is 7.68. The van der Waals surface area contributed by atoms with Crippen molar-refractivity contribution in [2.24, 2.45) is 0 Å². The third-order valence-corrected chi connectivity index (χ3v) is 5.64. The molecule has 0 radical (unpaired) electrons. The molecule has 30 heavy (non-hydrogen) atoms. The summed E-state index contributed by atoms with van der Waals surface area (Å²) in [5.41, 5.74) is 4.06. The van der Waals surface area contributed by atoms with Gasteiger partial charge in [0.05, 0.1) is 6.10 Å². The number of nitriles is 1. The number of carbonyl (C=O) groups excluding carboxylic acids is 1. The minimum Gasteiger partial charge on any atom is -0.376 e. The summed E-state index contributed by atoms with van der Waals surface area (Å²) in [6.45, 7) is 5.21. The number of nitrogens with zero attached hydrogens (tertiary/aromatic N) is 2. The van der Waals surface area contributed by atoms with E-state index in [4.69, 9.17) is 4.74 Å². The Hall–Kier alpha value is -3.36. The van der Waals surface area contributed by atoms with Gasteiger partial charge in [-0.2, -0.15) is 5.26 Å². The predicted molar refractivity (Wildman–Crippen MR) is 118 cm³/mol. The molecule has 3 aromatic rings. The number of amides is 1. The van der Waals surface area contributed by atoms with E-state index in [1.165, 1.54) is 10.8 Å². The van der Waals surface area contributed by atoms with Gasteiger partial charge in [-0.25, -0.2) is 0 Å². The van der Waals surface area contributed by atoms with Crippen LogP contribution in [-0.2, 0) is 9.53 Å². The third-order valence-electron chi connectivity index (χ3n) is 5.64. The van der Waals surface area contributed by atoms with E-state index in [0.29, 0.717) is 6.54 Å². The summed E-state index contributed by atoms with van der Waals surface area (Å²) in [4.78, 5) is 12.5. The molecule has 5 nitrogen and oxygen atoms in total. The Bertz CT molecular complexity index is 1160. The second kappa shape index (κ2) is 8.56. The molecule has 4 rings (SSSR count). The smallest absolute Gasteiger partial charge is 0.262 e. The zero-order valence-corrected chi connectivity index (χ0v) is 17.3. The van der Waals surface area contributed by atoms with Crippen LogP contribution in [0.1, 0.15) is 29.8 Å². The number of hydrogen-bond donors (Lipinski definition) is 1. The zero-order chi connectivity index (χ0) is 21.1. The Balaban J connectivity index is 1.61. The first-order valence-corrected chi connectivity index (χ1v) is 10.3. The van der Waals surface area contributed by atoms with Gasteiger partial charge in [-0.3, -0.25) is 4.79 Å². The SMILES string of the molecule is Cc1cc(/C=C(\C#N)C(=O)NC[C@@H]2CCCO2)c(C)n1-c1ccc2ccccc2c1. The zero-order valence-electron chi connectivity index (χ0n) is 17.3. The molecule has 1 atom stereocenters. The molecular formula is C25H25N3O2. The number of carbonyl (C=O) groups is 1. The van der Waals surface area contributed by atoms with Crippen LogP contribution in [-0.4, -0.2) is 29.7 Å². The highest BCUT2D eigenvalue weighted by Crippen LogP contribution is 2.25.